The van der Waals surface area contributed by atoms with E-state index < -0.39 is 0 Å². The van der Waals surface area contributed by atoms with Crippen molar-refractivity contribution in [2.45, 2.75) is 71.1 Å². The molecule has 0 radical (unpaired) electrons. The van der Waals surface area contributed by atoms with Gasteiger partial charge in [-0.25, -0.2) is 0 Å². The van der Waals surface area contributed by atoms with E-state index in [9.17, 15) is 9.59 Å². The van der Waals surface area contributed by atoms with Crippen LogP contribution in [0.2, 0.25) is 0 Å². The van der Waals surface area contributed by atoms with E-state index in [1.807, 2.05) is 0 Å². The maximum atomic E-state index is 10.5. The second-order valence-corrected chi connectivity index (χ2v) is 4.84. The standard InChI is InChI=1S/C15H28O4/c1-15(17)19-13-11-9-7-5-3-2-4-6-8-10-12-18-14-16/h14H,2-13H2,1H3. The summed E-state index contributed by atoms with van der Waals surface area (Å²) in [4.78, 5) is 20.4. The van der Waals surface area contributed by atoms with Crippen molar-refractivity contribution in [3.05, 3.63) is 0 Å². The van der Waals surface area contributed by atoms with Gasteiger partial charge >= 0.3 is 5.97 Å². The van der Waals surface area contributed by atoms with Gasteiger partial charge < -0.3 is 9.47 Å². The Morgan fingerprint density at radius 3 is 1.63 bits per heavy atom. The quantitative estimate of drug-likeness (QED) is 0.275. The maximum absolute atomic E-state index is 10.5. The van der Waals surface area contributed by atoms with Crippen LogP contribution in [0.3, 0.4) is 0 Å². The first kappa shape index (κ1) is 17.9. The number of hydrogen-bond acceptors (Lipinski definition) is 4. The summed E-state index contributed by atoms with van der Waals surface area (Å²) in [5.41, 5.74) is 0. The van der Waals surface area contributed by atoms with Crippen molar-refractivity contribution in [1.82, 2.24) is 0 Å². The lowest BCUT2D eigenvalue weighted by molar-refractivity contribution is -0.141. The Kier molecular flexibility index (Phi) is 14.2. The normalized spacial score (nSPS) is 10.2. The highest BCUT2D eigenvalue weighted by Gasteiger charge is 1.95. The maximum Gasteiger partial charge on any atom is 0.302 e. The number of carbonyl (C=O) groups excluding carboxylic acids is 2. The zero-order chi connectivity index (χ0) is 14.2. The van der Waals surface area contributed by atoms with Gasteiger partial charge in [0.1, 0.15) is 0 Å². The highest BCUT2D eigenvalue weighted by Crippen LogP contribution is 2.10. The first-order valence-electron chi connectivity index (χ1n) is 7.46. The molecule has 0 aromatic carbocycles. The van der Waals surface area contributed by atoms with Crippen molar-refractivity contribution in [1.29, 1.82) is 0 Å². The van der Waals surface area contributed by atoms with Crippen LogP contribution in [0, 0.1) is 0 Å². The third-order valence-electron chi connectivity index (χ3n) is 3.03. The molecule has 0 rings (SSSR count). The number of carbonyl (C=O) groups is 2. The van der Waals surface area contributed by atoms with E-state index in [0.29, 0.717) is 19.7 Å². The Morgan fingerprint density at radius 2 is 1.21 bits per heavy atom. The van der Waals surface area contributed by atoms with Crippen LogP contribution in [0.15, 0.2) is 0 Å². The molecule has 0 spiro atoms. The number of hydrogen-bond donors (Lipinski definition) is 0. The molecule has 112 valence electrons. The Bertz CT molecular complexity index is 216. The molecule has 19 heavy (non-hydrogen) atoms. The third-order valence-corrected chi connectivity index (χ3v) is 3.03. The summed E-state index contributed by atoms with van der Waals surface area (Å²) < 4.78 is 9.50. The van der Waals surface area contributed by atoms with E-state index in [4.69, 9.17) is 4.74 Å². The summed E-state index contributed by atoms with van der Waals surface area (Å²) >= 11 is 0. The van der Waals surface area contributed by atoms with Gasteiger partial charge in [0.2, 0.25) is 0 Å². The van der Waals surface area contributed by atoms with Gasteiger partial charge in [0.05, 0.1) is 13.2 Å². The van der Waals surface area contributed by atoms with Crippen LogP contribution in [-0.4, -0.2) is 25.7 Å². The molecule has 0 aliphatic rings. The molecule has 0 saturated carbocycles. The lowest BCUT2D eigenvalue weighted by atomic mass is 10.1. The molecular weight excluding hydrogens is 244 g/mol. The van der Waals surface area contributed by atoms with Gasteiger partial charge in [0, 0.05) is 6.92 Å². The number of unbranched alkanes of at least 4 members (excludes halogenated alkanes) is 9. The van der Waals surface area contributed by atoms with E-state index in [1.165, 1.54) is 45.4 Å². The minimum Gasteiger partial charge on any atom is -0.468 e. The van der Waals surface area contributed by atoms with Crippen molar-refractivity contribution in [2.75, 3.05) is 13.2 Å². The van der Waals surface area contributed by atoms with Gasteiger partial charge in [0.25, 0.3) is 6.47 Å². The van der Waals surface area contributed by atoms with Crippen LogP contribution in [0.5, 0.6) is 0 Å². The highest BCUT2D eigenvalue weighted by molar-refractivity contribution is 5.65. The summed E-state index contributed by atoms with van der Waals surface area (Å²) in [5, 5.41) is 0. The molecule has 0 unspecified atom stereocenters. The summed E-state index contributed by atoms with van der Waals surface area (Å²) in [6.07, 6.45) is 11.8. The van der Waals surface area contributed by atoms with Crippen LogP contribution in [0.1, 0.15) is 71.1 Å². The minimum atomic E-state index is -0.182. The predicted molar refractivity (Wildman–Crippen MR) is 74.8 cm³/mol. The summed E-state index contributed by atoms with van der Waals surface area (Å²) in [6.45, 7) is 3.09. The van der Waals surface area contributed by atoms with Gasteiger partial charge in [-0.2, -0.15) is 0 Å². The van der Waals surface area contributed by atoms with Crippen molar-refractivity contribution in [3.63, 3.8) is 0 Å². The first-order valence-corrected chi connectivity index (χ1v) is 7.46. The Labute approximate surface area is 116 Å². The average molecular weight is 272 g/mol. The molecule has 0 atom stereocenters. The SMILES string of the molecule is CC(=O)OCCCCCCCCCCCCOC=O. The molecule has 0 aromatic rings. The van der Waals surface area contributed by atoms with Gasteiger partial charge in [0.15, 0.2) is 0 Å². The zero-order valence-electron chi connectivity index (χ0n) is 12.2. The lowest BCUT2D eigenvalue weighted by Crippen LogP contribution is -2.00. The summed E-state index contributed by atoms with van der Waals surface area (Å²) in [6, 6.07) is 0. The van der Waals surface area contributed by atoms with Gasteiger partial charge in [-0.3, -0.25) is 9.59 Å². The number of ether oxygens (including phenoxy) is 2. The molecule has 0 bridgehead atoms. The van der Waals surface area contributed by atoms with Gasteiger partial charge in [-0.1, -0.05) is 51.4 Å². The van der Waals surface area contributed by atoms with Crippen LogP contribution < -0.4 is 0 Å². The predicted octanol–water partition coefficient (Wildman–Crippen LogP) is 3.62. The summed E-state index contributed by atoms with van der Waals surface area (Å²) in [5.74, 6) is -0.182. The van der Waals surface area contributed by atoms with Crippen LogP contribution in [0.4, 0.5) is 0 Å². The fourth-order valence-corrected chi connectivity index (χ4v) is 1.97. The fraction of sp³-hybridized carbons (Fsp3) is 0.867. The molecule has 0 fully saturated rings. The van der Waals surface area contributed by atoms with Crippen LogP contribution >= 0.6 is 0 Å². The molecule has 0 N–H and O–H groups in total. The largest absolute Gasteiger partial charge is 0.468 e. The van der Waals surface area contributed by atoms with E-state index in [-0.39, 0.29) is 5.97 Å². The molecule has 0 aliphatic carbocycles. The average Bonchev–Trinajstić information content (AvgIpc) is 2.39. The Hall–Kier alpha value is -1.06. The Morgan fingerprint density at radius 1 is 0.789 bits per heavy atom. The van der Waals surface area contributed by atoms with Crippen molar-refractivity contribution in [2.24, 2.45) is 0 Å². The van der Waals surface area contributed by atoms with E-state index in [1.54, 1.807) is 0 Å². The third kappa shape index (κ3) is 16.9. The van der Waals surface area contributed by atoms with E-state index >= 15 is 0 Å². The molecule has 0 amide bonds. The number of rotatable bonds is 14. The molecule has 0 heterocycles. The summed E-state index contributed by atoms with van der Waals surface area (Å²) in [7, 11) is 0. The molecule has 4 nitrogen and oxygen atoms in total. The topological polar surface area (TPSA) is 52.6 Å². The van der Waals surface area contributed by atoms with Crippen molar-refractivity contribution < 1.29 is 19.1 Å². The van der Waals surface area contributed by atoms with Gasteiger partial charge in [-0.15, -0.1) is 0 Å². The second kappa shape index (κ2) is 15.0. The monoisotopic (exact) mass is 272 g/mol. The lowest BCUT2D eigenvalue weighted by Gasteiger charge is -2.03. The first-order chi connectivity index (χ1) is 9.27. The molecule has 0 saturated heterocycles. The van der Waals surface area contributed by atoms with Crippen molar-refractivity contribution in [3.8, 4) is 0 Å². The molecule has 0 aliphatic heterocycles. The van der Waals surface area contributed by atoms with Crippen molar-refractivity contribution >= 4 is 12.4 Å². The van der Waals surface area contributed by atoms with E-state index in [2.05, 4.69) is 4.74 Å². The van der Waals surface area contributed by atoms with Crippen LogP contribution in [0.25, 0.3) is 0 Å². The Balaban J connectivity index is 2.95. The van der Waals surface area contributed by atoms with E-state index in [0.717, 1.165) is 25.7 Å². The fourth-order valence-electron chi connectivity index (χ4n) is 1.97. The smallest absolute Gasteiger partial charge is 0.302 e. The molecule has 4 heteroatoms. The molecule has 0 aromatic heterocycles. The van der Waals surface area contributed by atoms with Crippen LogP contribution in [-0.2, 0) is 19.1 Å². The zero-order valence-corrected chi connectivity index (χ0v) is 12.2. The minimum absolute atomic E-state index is 0.182. The van der Waals surface area contributed by atoms with Gasteiger partial charge in [-0.05, 0) is 12.8 Å². The molecular formula is C15H28O4. The highest BCUT2D eigenvalue weighted by atomic mass is 16.5. The second-order valence-electron chi connectivity index (χ2n) is 4.84. The number of esters is 1.